The molecule has 0 saturated carbocycles. The zero-order valence-corrected chi connectivity index (χ0v) is 20.6. The quantitative estimate of drug-likeness (QED) is 0.297. The molecule has 0 aliphatic heterocycles. The molecule has 2 heterocycles. The summed E-state index contributed by atoms with van der Waals surface area (Å²) in [5.41, 5.74) is 2.26. The van der Waals surface area contributed by atoms with E-state index in [0.717, 1.165) is 23.4 Å². The van der Waals surface area contributed by atoms with Crippen molar-refractivity contribution >= 4 is 17.7 Å². The van der Waals surface area contributed by atoms with Gasteiger partial charge in [0.25, 0.3) is 0 Å². The third kappa shape index (κ3) is 6.66. The Balaban J connectivity index is 1.46. The number of carbonyl (C=O) groups is 1. The van der Waals surface area contributed by atoms with Gasteiger partial charge in [-0.25, -0.2) is 0 Å². The Morgan fingerprint density at radius 2 is 1.83 bits per heavy atom. The molecule has 8 nitrogen and oxygen atoms in total. The summed E-state index contributed by atoms with van der Waals surface area (Å²) in [4.78, 5) is 12.4. The predicted molar refractivity (Wildman–Crippen MR) is 134 cm³/mol. The second-order valence-corrected chi connectivity index (χ2v) is 8.74. The predicted octanol–water partition coefficient (Wildman–Crippen LogP) is 4.13. The molecular formula is C26H28N4O4S. The van der Waals surface area contributed by atoms with Gasteiger partial charge in [0.1, 0.15) is 11.6 Å². The lowest BCUT2D eigenvalue weighted by Crippen LogP contribution is -2.24. The van der Waals surface area contributed by atoms with Crippen LogP contribution in [0.4, 0.5) is 0 Å². The number of carbonyl (C=O) groups excluding carboxylic acids is 1. The minimum atomic E-state index is -0.0922. The van der Waals surface area contributed by atoms with Crippen molar-refractivity contribution in [2.24, 2.45) is 0 Å². The van der Waals surface area contributed by atoms with Crippen molar-refractivity contribution in [1.29, 1.82) is 0 Å². The minimum Gasteiger partial charge on any atom is -0.493 e. The Labute approximate surface area is 208 Å². The zero-order chi connectivity index (χ0) is 24.5. The van der Waals surface area contributed by atoms with Gasteiger partial charge in [0, 0.05) is 13.0 Å². The van der Waals surface area contributed by atoms with Gasteiger partial charge >= 0.3 is 0 Å². The highest BCUT2D eigenvalue weighted by Crippen LogP contribution is 2.28. The van der Waals surface area contributed by atoms with E-state index in [4.69, 9.17) is 13.9 Å². The number of furan rings is 1. The van der Waals surface area contributed by atoms with Crippen molar-refractivity contribution in [3.63, 3.8) is 0 Å². The average molecular weight is 493 g/mol. The van der Waals surface area contributed by atoms with E-state index in [1.165, 1.54) is 11.8 Å². The number of rotatable bonds is 12. The van der Waals surface area contributed by atoms with Crippen LogP contribution in [0.25, 0.3) is 0 Å². The lowest BCUT2D eigenvalue weighted by molar-refractivity contribution is -0.118. The highest BCUT2D eigenvalue weighted by molar-refractivity contribution is 7.99. The van der Waals surface area contributed by atoms with Crippen LogP contribution in [0, 0.1) is 0 Å². The topological polar surface area (TPSA) is 91.4 Å². The number of nitrogens with zero attached hydrogens (tertiary/aromatic N) is 3. The molecule has 0 unspecified atom stereocenters. The molecule has 0 fully saturated rings. The van der Waals surface area contributed by atoms with Gasteiger partial charge in [-0.2, -0.15) is 0 Å². The van der Waals surface area contributed by atoms with Crippen molar-refractivity contribution in [3.8, 4) is 11.5 Å². The molecule has 0 saturated heterocycles. The van der Waals surface area contributed by atoms with Crippen molar-refractivity contribution in [3.05, 3.63) is 89.6 Å². The van der Waals surface area contributed by atoms with E-state index >= 15 is 0 Å². The van der Waals surface area contributed by atoms with Gasteiger partial charge < -0.3 is 23.8 Å². The summed E-state index contributed by atoms with van der Waals surface area (Å²) in [7, 11) is 3.25. The number of thioether (sulfide) groups is 1. The maximum Gasteiger partial charge on any atom is 0.230 e. The fraction of sp³-hybridized carbons (Fsp3) is 0.269. The summed E-state index contributed by atoms with van der Waals surface area (Å²) in [6.45, 7) is 1.03. The number of methoxy groups -OCH3 is 2. The van der Waals surface area contributed by atoms with Crippen LogP contribution in [-0.2, 0) is 30.7 Å². The largest absolute Gasteiger partial charge is 0.493 e. The lowest BCUT2D eigenvalue weighted by atomic mass is 10.1. The van der Waals surface area contributed by atoms with Gasteiger partial charge in [-0.1, -0.05) is 48.2 Å². The number of amides is 1. The monoisotopic (exact) mass is 492 g/mol. The van der Waals surface area contributed by atoms with Crippen LogP contribution < -0.4 is 14.8 Å². The van der Waals surface area contributed by atoms with Gasteiger partial charge in [-0.3, -0.25) is 4.79 Å². The third-order valence-corrected chi connectivity index (χ3v) is 6.41. The van der Waals surface area contributed by atoms with Gasteiger partial charge in [0.05, 0.1) is 32.8 Å². The SMILES string of the molecule is COc1ccc(CCn2c(Cc3ccccc3)nnc2SCC(=O)NCc2ccco2)cc1OC. The van der Waals surface area contributed by atoms with E-state index in [0.29, 0.717) is 41.9 Å². The fourth-order valence-electron chi connectivity index (χ4n) is 3.62. The highest BCUT2D eigenvalue weighted by Gasteiger charge is 2.16. The maximum atomic E-state index is 12.4. The van der Waals surface area contributed by atoms with E-state index in [-0.39, 0.29) is 11.7 Å². The lowest BCUT2D eigenvalue weighted by Gasteiger charge is -2.12. The first-order valence-corrected chi connectivity index (χ1v) is 12.2. The molecule has 0 spiro atoms. The summed E-state index contributed by atoms with van der Waals surface area (Å²) in [5.74, 6) is 3.11. The summed E-state index contributed by atoms with van der Waals surface area (Å²) >= 11 is 1.37. The van der Waals surface area contributed by atoms with Gasteiger partial charge in [-0.05, 0) is 41.8 Å². The number of hydrogen-bond acceptors (Lipinski definition) is 7. The second-order valence-electron chi connectivity index (χ2n) is 7.80. The Morgan fingerprint density at radius 1 is 1.00 bits per heavy atom. The van der Waals surface area contributed by atoms with Crippen LogP contribution in [-0.4, -0.2) is 40.6 Å². The van der Waals surface area contributed by atoms with Gasteiger partial charge in [0.2, 0.25) is 5.91 Å². The molecule has 2 aromatic heterocycles. The van der Waals surface area contributed by atoms with E-state index in [1.807, 2.05) is 42.5 Å². The first-order chi connectivity index (χ1) is 17.2. The van der Waals surface area contributed by atoms with Crippen molar-refractivity contribution < 1.29 is 18.7 Å². The average Bonchev–Trinajstić information content (AvgIpc) is 3.55. The number of aromatic nitrogens is 3. The standard InChI is InChI=1S/C26H28N4O4S/c1-32-22-11-10-20(15-23(22)33-2)12-13-30-24(16-19-7-4-3-5-8-19)28-29-26(30)35-18-25(31)27-17-21-9-6-14-34-21/h3-11,14-15H,12-13,16-18H2,1-2H3,(H,27,31). The van der Waals surface area contributed by atoms with Crippen LogP contribution in [0.1, 0.15) is 22.7 Å². The molecule has 0 bridgehead atoms. The molecule has 0 aliphatic carbocycles. The molecule has 4 rings (SSSR count). The maximum absolute atomic E-state index is 12.4. The molecule has 0 aliphatic rings. The molecule has 4 aromatic rings. The summed E-state index contributed by atoms with van der Waals surface area (Å²) in [5, 5.41) is 12.4. The molecule has 0 atom stereocenters. The Bertz CT molecular complexity index is 1230. The summed E-state index contributed by atoms with van der Waals surface area (Å²) in [6, 6.07) is 19.7. The van der Waals surface area contributed by atoms with E-state index in [1.54, 1.807) is 26.5 Å². The Hall–Kier alpha value is -3.72. The van der Waals surface area contributed by atoms with Crippen LogP contribution in [0.5, 0.6) is 11.5 Å². The molecule has 0 radical (unpaired) electrons. The second kappa shape index (κ2) is 12.1. The summed E-state index contributed by atoms with van der Waals surface area (Å²) < 4.78 is 18.1. The minimum absolute atomic E-state index is 0.0922. The molecule has 9 heteroatoms. The highest BCUT2D eigenvalue weighted by atomic mass is 32.2. The number of nitrogens with one attached hydrogen (secondary N) is 1. The number of aryl methyl sites for hydroxylation is 1. The van der Waals surface area contributed by atoms with Crippen LogP contribution in [0.3, 0.4) is 0 Å². The van der Waals surface area contributed by atoms with E-state index in [9.17, 15) is 4.79 Å². The van der Waals surface area contributed by atoms with E-state index < -0.39 is 0 Å². The Kier molecular flexibility index (Phi) is 8.45. The van der Waals surface area contributed by atoms with Crippen LogP contribution in [0.2, 0.25) is 0 Å². The molecule has 35 heavy (non-hydrogen) atoms. The molecule has 1 N–H and O–H groups in total. The fourth-order valence-corrected chi connectivity index (χ4v) is 4.43. The molecule has 2 aromatic carbocycles. The molecular weight excluding hydrogens is 464 g/mol. The normalized spacial score (nSPS) is 10.8. The first-order valence-electron chi connectivity index (χ1n) is 11.2. The van der Waals surface area contributed by atoms with Gasteiger partial charge in [-0.15, -0.1) is 10.2 Å². The molecule has 1 amide bonds. The van der Waals surface area contributed by atoms with Crippen molar-refractivity contribution in [2.75, 3.05) is 20.0 Å². The Morgan fingerprint density at radius 3 is 2.57 bits per heavy atom. The van der Waals surface area contributed by atoms with Crippen molar-refractivity contribution in [1.82, 2.24) is 20.1 Å². The summed E-state index contributed by atoms with van der Waals surface area (Å²) in [6.07, 6.45) is 2.99. The van der Waals surface area contributed by atoms with Gasteiger partial charge in [0.15, 0.2) is 16.7 Å². The number of hydrogen-bond donors (Lipinski definition) is 1. The van der Waals surface area contributed by atoms with Crippen molar-refractivity contribution in [2.45, 2.75) is 31.1 Å². The molecule has 182 valence electrons. The first kappa shape index (κ1) is 24.4. The number of benzene rings is 2. The smallest absolute Gasteiger partial charge is 0.230 e. The number of ether oxygens (including phenoxy) is 2. The zero-order valence-electron chi connectivity index (χ0n) is 19.8. The van der Waals surface area contributed by atoms with Crippen LogP contribution in [0.15, 0.2) is 76.5 Å². The third-order valence-electron chi connectivity index (χ3n) is 5.44. The van der Waals surface area contributed by atoms with E-state index in [2.05, 4.69) is 32.2 Å². The van der Waals surface area contributed by atoms with Crippen LogP contribution >= 0.6 is 11.8 Å².